The van der Waals surface area contributed by atoms with Crippen LogP contribution in [0.3, 0.4) is 0 Å². The number of hydrogen-bond acceptors (Lipinski definition) is 4. The van der Waals surface area contributed by atoms with Crippen LogP contribution in [0.5, 0.6) is 5.75 Å². The van der Waals surface area contributed by atoms with Crippen molar-refractivity contribution in [2.45, 2.75) is 25.2 Å². The summed E-state index contributed by atoms with van der Waals surface area (Å²) in [6.45, 7) is 1.29. The average Bonchev–Trinajstić information content (AvgIpc) is 2.63. The van der Waals surface area contributed by atoms with Crippen LogP contribution in [0.1, 0.15) is 29.9 Å². The highest BCUT2D eigenvalue weighted by Crippen LogP contribution is 2.29. The molecule has 6 heteroatoms. The van der Waals surface area contributed by atoms with Crippen molar-refractivity contribution in [3.8, 4) is 5.75 Å². The number of benzene rings is 2. The fraction of sp³-hybridized carbons (Fsp3) is 0.316. The number of carbonyl (C=O) groups is 1. The molecule has 2 aromatic rings. The molecule has 6 nitrogen and oxygen atoms in total. The van der Waals surface area contributed by atoms with E-state index in [1.807, 2.05) is 12.1 Å². The molecule has 1 fully saturated rings. The topological polar surface area (TPSA) is 83.7 Å². The lowest BCUT2D eigenvalue weighted by atomic mass is 9.89. The van der Waals surface area contributed by atoms with Crippen LogP contribution in [0.25, 0.3) is 0 Å². The summed E-state index contributed by atoms with van der Waals surface area (Å²) in [4.78, 5) is 24.9. The van der Waals surface area contributed by atoms with Crippen LogP contribution in [-0.2, 0) is 11.2 Å². The SMILES string of the molecule is O=C(Cc1ccccc1[N+](=O)[O-])N1CCC(c2ccc(O)cc2)CC1. The summed E-state index contributed by atoms with van der Waals surface area (Å²) in [6.07, 6.45) is 1.77. The number of rotatable bonds is 4. The van der Waals surface area contributed by atoms with E-state index in [9.17, 15) is 20.0 Å². The Bertz CT molecular complexity index is 765. The second-order valence-corrected chi connectivity index (χ2v) is 6.31. The van der Waals surface area contributed by atoms with Crippen molar-refractivity contribution in [2.24, 2.45) is 0 Å². The zero-order valence-corrected chi connectivity index (χ0v) is 13.8. The standard InChI is InChI=1S/C19H20N2O4/c22-17-7-5-14(6-8-17)15-9-11-20(12-10-15)19(23)13-16-3-1-2-4-18(16)21(24)25/h1-8,15,22H,9-13H2. The third kappa shape index (κ3) is 3.96. The molecule has 1 N–H and O–H groups in total. The number of phenolic OH excluding ortho intramolecular Hbond substituents is 1. The predicted octanol–water partition coefficient (Wildman–Crippen LogP) is 3.25. The predicted molar refractivity (Wildman–Crippen MR) is 93.5 cm³/mol. The molecule has 3 rings (SSSR count). The molecule has 1 aliphatic rings. The summed E-state index contributed by atoms with van der Waals surface area (Å²) in [5.74, 6) is 0.551. The number of nitro benzene ring substituents is 1. The molecule has 0 atom stereocenters. The second-order valence-electron chi connectivity index (χ2n) is 6.31. The first kappa shape index (κ1) is 17.0. The molecular formula is C19H20N2O4. The van der Waals surface area contributed by atoms with Gasteiger partial charge in [0.1, 0.15) is 5.75 Å². The maximum absolute atomic E-state index is 12.5. The monoisotopic (exact) mass is 340 g/mol. The zero-order chi connectivity index (χ0) is 17.8. The number of amides is 1. The van der Waals surface area contributed by atoms with Crippen LogP contribution in [0.4, 0.5) is 5.69 Å². The Hall–Kier alpha value is -2.89. The molecule has 0 bridgehead atoms. The lowest BCUT2D eigenvalue weighted by Gasteiger charge is -2.32. The number of nitrogens with zero attached hydrogens (tertiary/aromatic N) is 2. The molecule has 1 saturated heterocycles. The third-order valence-electron chi connectivity index (χ3n) is 4.74. The molecule has 1 heterocycles. The maximum atomic E-state index is 12.5. The Morgan fingerprint density at radius 3 is 2.40 bits per heavy atom. The number of para-hydroxylation sites is 1. The highest BCUT2D eigenvalue weighted by Gasteiger charge is 2.25. The van der Waals surface area contributed by atoms with Crippen LogP contribution in [0, 0.1) is 10.1 Å². The van der Waals surface area contributed by atoms with Gasteiger partial charge in [-0.3, -0.25) is 14.9 Å². The molecule has 0 saturated carbocycles. The summed E-state index contributed by atoms with van der Waals surface area (Å²) in [6, 6.07) is 13.6. The van der Waals surface area contributed by atoms with E-state index in [1.165, 1.54) is 11.6 Å². The van der Waals surface area contributed by atoms with Crippen molar-refractivity contribution >= 4 is 11.6 Å². The molecule has 2 aromatic carbocycles. The van der Waals surface area contributed by atoms with Gasteiger partial charge in [-0.25, -0.2) is 0 Å². The second kappa shape index (κ2) is 7.34. The van der Waals surface area contributed by atoms with E-state index >= 15 is 0 Å². The van der Waals surface area contributed by atoms with Crippen molar-refractivity contribution in [2.75, 3.05) is 13.1 Å². The number of nitro groups is 1. The third-order valence-corrected chi connectivity index (χ3v) is 4.74. The number of carbonyl (C=O) groups excluding carboxylic acids is 1. The van der Waals surface area contributed by atoms with E-state index in [1.54, 1.807) is 35.2 Å². The van der Waals surface area contributed by atoms with Gasteiger partial charge in [0.15, 0.2) is 0 Å². The molecule has 0 radical (unpaired) electrons. The number of hydrogen-bond donors (Lipinski definition) is 1. The van der Waals surface area contributed by atoms with Crippen molar-refractivity contribution in [3.05, 3.63) is 69.8 Å². The largest absolute Gasteiger partial charge is 0.508 e. The van der Waals surface area contributed by atoms with Crippen molar-refractivity contribution in [1.29, 1.82) is 0 Å². The van der Waals surface area contributed by atoms with E-state index in [0.29, 0.717) is 24.6 Å². The highest BCUT2D eigenvalue weighted by molar-refractivity contribution is 5.80. The summed E-state index contributed by atoms with van der Waals surface area (Å²) < 4.78 is 0. The minimum Gasteiger partial charge on any atom is -0.508 e. The first-order chi connectivity index (χ1) is 12.0. The lowest BCUT2D eigenvalue weighted by molar-refractivity contribution is -0.385. The molecule has 0 aliphatic carbocycles. The first-order valence-electron chi connectivity index (χ1n) is 8.33. The van der Waals surface area contributed by atoms with E-state index < -0.39 is 4.92 Å². The van der Waals surface area contributed by atoms with Gasteiger partial charge in [-0.1, -0.05) is 30.3 Å². The Labute approximate surface area is 145 Å². The van der Waals surface area contributed by atoms with Gasteiger partial charge in [0.25, 0.3) is 5.69 Å². The van der Waals surface area contributed by atoms with Crippen molar-refractivity contribution in [1.82, 2.24) is 4.90 Å². The Kier molecular flexibility index (Phi) is 4.97. The Balaban J connectivity index is 1.60. The number of piperidine rings is 1. The average molecular weight is 340 g/mol. The lowest BCUT2D eigenvalue weighted by Crippen LogP contribution is -2.38. The Morgan fingerprint density at radius 2 is 1.76 bits per heavy atom. The molecule has 130 valence electrons. The van der Waals surface area contributed by atoms with E-state index in [0.717, 1.165) is 12.8 Å². The molecule has 0 spiro atoms. The van der Waals surface area contributed by atoms with Gasteiger partial charge >= 0.3 is 0 Å². The van der Waals surface area contributed by atoms with Gasteiger partial charge in [0.05, 0.1) is 11.3 Å². The summed E-state index contributed by atoms with van der Waals surface area (Å²) in [7, 11) is 0. The molecule has 1 amide bonds. The quantitative estimate of drug-likeness (QED) is 0.684. The van der Waals surface area contributed by atoms with Crippen LogP contribution in [-0.4, -0.2) is 33.9 Å². The fourth-order valence-electron chi connectivity index (χ4n) is 3.32. The number of likely N-dealkylation sites (tertiary alicyclic amines) is 1. The molecule has 0 aromatic heterocycles. The normalized spacial score (nSPS) is 15.1. The van der Waals surface area contributed by atoms with Gasteiger partial charge in [-0.15, -0.1) is 0 Å². The molecule has 1 aliphatic heterocycles. The first-order valence-corrected chi connectivity index (χ1v) is 8.33. The minimum atomic E-state index is -0.445. The Morgan fingerprint density at radius 1 is 1.12 bits per heavy atom. The zero-order valence-electron chi connectivity index (χ0n) is 13.8. The van der Waals surface area contributed by atoms with E-state index in [2.05, 4.69) is 0 Å². The smallest absolute Gasteiger partial charge is 0.273 e. The highest BCUT2D eigenvalue weighted by atomic mass is 16.6. The van der Waals surface area contributed by atoms with Crippen molar-refractivity contribution in [3.63, 3.8) is 0 Å². The number of phenols is 1. The van der Waals surface area contributed by atoms with Gasteiger partial charge in [-0.2, -0.15) is 0 Å². The van der Waals surface area contributed by atoms with Gasteiger partial charge in [0.2, 0.25) is 5.91 Å². The number of aromatic hydroxyl groups is 1. The molecule has 0 unspecified atom stereocenters. The van der Waals surface area contributed by atoms with Crippen LogP contribution < -0.4 is 0 Å². The van der Waals surface area contributed by atoms with Crippen LogP contribution in [0.2, 0.25) is 0 Å². The van der Waals surface area contributed by atoms with Gasteiger partial charge in [-0.05, 0) is 36.5 Å². The van der Waals surface area contributed by atoms with Crippen LogP contribution in [0.15, 0.2) is 48.5 Å². The maximum Gasteiger partial charge on any atom is 0.273 e. The van der Waals surface area contributed by atoms with Gasteiger partial charge < -0.3 is 10.0 Å². The minimum absolute atomic E-state index is 0.00479. The fourth-order valence-corrected chi connectivity index (χ4v) is 3.32. The van der Waals surface area contributed by atoms with Crippen molar-refractivity contribution < 1.29 is 14.8 Å². The van der Waals surface area contributed by atoms with Gasteiger partial charge in [0, 0.05) is 24.7 Å². The van der Waals surface area contributed by atoms with E-state index in [-0.39, 0.29) is 23.8 Å². The summed E-state index contributed by atoms with van der Waals surface area (Å²) >= 11 is 0. The molecule has 25 heavy (non-hydrogen) atoms. The van der Waals surface area contributed by atoms with E-state index in [4.69, 9.17) is 0 Å². The summed E-state index contributed by atoms with van der Waals surface area (Å²) in [5, 5.41) is 20.4. The molecular weight excluding hydrogens is 320 g/mol. The summed E-state index contributed by atoms with van der Waals surface area (Å²) in [5.41, 5.74) is 1.62. The van der Waals surface area contributed by atoms with Crippen LogP contribution >= 0.6 is 0 Å².